The number of benzene rings is 5. The zero-order valence-electron chi connectivity index (χ0n) is 24.8. The van der Waals surface area contributed by atoms with E-state index >= 15 is 0 Å². The first-order valence-corrected chi connectivity index (χ1v) is 15.4. The van der Waals surface area contributed by atoms with Crippen molar-refractivity contribution in [3.05, 3.63) is 158 Å². The van der Waals surface area contributed by atoms with Gasteiger partial charge in [0.2, 0.25) is 0 Å². The molecular formula is C42H26N4. The van der Waals surface area contributed by atoms with Crippen LogP contribution in [0, 0.1) is 0 Å². The molecule has 0 bridgehead atoms. The van der Waals surface area contributed by atoms with E-state index < -0.39 is 0 Å². The summed E-state index contributed by atoms with van der Waals surface area (Å²) in [4.78, 5) is 20.9. The SMILES string of the molecule is c1ccc(-c2cc(-c3ccc4ccccc4n3)c3ccc4c(-c5ccc6ccccc6n5)cc(-c5ccccc5)nc4c3n2)cc1. The molecule has 0 amide bonds. The smallest absolute Gasteiger partial charge is 0.0979 e. The summed E-state index contributed by atoms with van der Waals surface area (Å²) in [7, 11) is 0. The number of hydrogen-bond donors (Lipinski definition) is 0. The molecule has 0 saturated heterocycles. The van der Waals surface area contributed by atoms with Gasteiger partial charge in [-0.2, -0.15) is 0 Å². The number of rotatable bonds is 4. The Hall–Kier alpha value is -6.26. The number of hydrogen-bond acceptors (Lipinski definition) is 4. The third-order valence-electron chi connectivity index (χ3n) is 8.65. The molecule has 0 radical (unpaired) electrons. The molecule has 4 heteroatoms. The van der Waals surface area contributed by atoms with Crippen LogP contribution in [-0.4, -0.2) is 19.9 Å². The second-order valence-corrected chi connectivity index (χ2v) is 11.5. The molecule has 0 aliphatic rings. The van der Waals surface area contributed by atoms with Crippen molar-refractivity contribution in [2.45, 2.75) is 0 Å². The summed E-state index contributed by atoms with van der Waals surface area (Å²) in [6.45, 7) is 0. The Morgan fingerprint density at radius 3 is 1.17 bits per heavy atom. The summed E-state index contributed by atoms with van der Waals surface area (Å²) in [5.74, 6) is 0. The highest BCUT2D eigenvalue weighted by molar-refractivity contribution is 6.13. The average Bonchev–Trinajstić information content (AvgIpc) is 3.14. The molecule has 9 rings (SSSR count). The van der Waals surface area contributed by atoms with Crippen LogP contribution in [0.15, 0.2) is 158 Å². The van der Waals surface area contributed by atoms with Crippen molar-refractivity contribution in [2.75, 3.05) is 0 Å². The molecule has 0 N–H and O–H groups in total. The molecule has 0 aliphatic carbocycles. The summed E-state index contributed by atoms with van der Waals surface area (Å²) in [5.41, 5.74) is 11.3. The van der Waals surface area contributed by atoms with Gasteiger partial charge < -0.3 is 0 Å². The molecular weight excluding hydrogens is 560 g/mol. The molecule has 214 valence electrons. The van der Waals surface area contributed by atoms with Gasteiger partial charge in [0.25, 0.3) is 0 Å². The number of para-hydroxylation sites is 2. The number of aromatic nitrogens is 4. The van der Waals surface area contributed by atoms with E-state index in [1.165, 1.54) is 0 Å². The van der Waals surface area contributed by atoms with Gasteiger partial charge in [0.05, 0.1) is 44.8 Å². The highest BCUT2D eigenvalue weighted by Gasteiger charge is 2.18. The average molecular weight is 587 g/mol. The summed E-state index contributed by atoms with van der Waals surface area (Å²) in [6, 6.07) is 54.3. The van der Waals surface area contributed by atoms with Crippen LogP contribution in [0.5, 0.6) is 0 Å². The van der Waals surface area contributed by atoms with E-state index in [0.717, 1.165) is 88.6 Å². The monoisotopic (exact) mass is 586 g/mol. The van der Waals surface area contributed by atoms with Crippen LogP contribution >= 0.6 is 0 Å². The second-order valence-electron chi connectivity index (χ2n) is 11.5. The molecule has 0 saturated carbocycles. The zero-order valence-corrected chi connectivity index (χ0v) is 24.8. The van der Waals surface area contributed by atoms with Crippen LogP contribution < -0.4 is 0 Å². The van der Waals surface area contributed by atoms with Crippen molar-refractivity contribution in [1.29, 1.82) is 0 Å². The lowest BCUT2D eigenvalue weighted by atomic mass is 9.96. The van der Waals surface area contributed by atoms with Gasteiger partial charge in [-0.1, -0.05) is 121 Å². The van der Waals surface area contributed by atoms with E-state index in [1.54, 1.807) is 0 Å². The van der Waals surface area contributed by atoms with Gasteiger partial charge in [-0.05, 0) is 36.4 Å². The first kappa shape index (κ1) is 26.2. The van der Waals surface area contributed by atoms with Gasteiger partial charge in [-0.25, -0.2) is 19.9 Å². The molecule has 4 nitrogen and oxygen atoms in total. The lowest BCUT2D eigenvalue weighted by Crippen LogP contribution is -1.97. The summed E-state index contributed by atoms with van der Waals surface area (Å²) in [5, 5.41) is 4.23. The number of nitrogens with zero attached hydrogens (tertiary/aromatic N) is 4. The molecule has 0 atom stereocenters. The van der Waals surface area contributed by atoms with Gasteiger partial charge in [0.1, 0.15) is 0 Å². The van der Waals surface area contributed by atoms with Crippen molar-refractivity contribution < 1.29 is 0 Å². The van der Waals surface area contributed by atoms with E-state index in [2.05, 4.69) is 97.1 Å². The first-order chi connectivity index (χ1) is 22.8. The largest absolute Gasteiger partial charge is 0.248 e. The quantitative estimate of drug-likeness (QED) is 0.193. The highest BCUT2D eigenvalue weighted by atomic mass is 14.8. The van der Waals surface area contributed by atoms with Crippen LogP contribution in [-0.2, 0) is 0 Å². The van der Waals surface area contributed by atoms with Gasteiger partial charge in [0.15, 0.2) is 0 Å². The Morgan fingerprint density at radius 1 is 0.304 bits per heavy atom. The molecule has 9 aromatic rings. The fourth-order valence-electron chi connectivity index (χ4n) is 6.34. The minimum Gasteiger partial charge on any atom is -0.248 e. The van der Waals surface area contributed by atoms with Crippen molar-refractivity contribution in [3.8, 4) is 45.0 Å². The predicted octanol–water partition coefficient (Wildman–Crippen LogP) is 10.5. The van der Waals surface area contributed by atoms with Crippen LogP contribution in [0.3, 0.4) is 0 Å². The molecule has 0 spiro atoms. The Labute approximate surface area is 265 Å². The van der Waals surface area contributed by atoms with E-state index in [1.807, 2.05) is 60.7 Å². The van der Waals surface area contributed by atoms with Gasteiger partial charge in [0, 0.05) is 43.8 Å². The molecule has 0 aliphatic heterocycles. The second kappa shape index (κ2) is 10.7. The van der Waals surface area contributed by atoms with Crippen molar-refractivity contribution in [3.63, 3.8) is 0 Å². The highest BCUT2D eigenvalue weighted by Crippen LogP contribution is 2.39. The van der Waals surface area contributed by atoms with Crippen LogP contribution in [0.4, 0.5) is 0 Å². The Morgan fingerprint density at radius 2 is 0.717 bits per heavy atom. The molecule has 4 heterocycles. The first-order valence-electron chi connectivity index (χ1n) is 15.4. The van der Waals surface area contributed by atoms with Crippen molar-refractivity contribution >= 4 is 43.6 Å². The minimum atomic E-state index is 0.837. The molecule has 0 fully saturated rings. The molecule has 0 unspecified atom stereocenters. The summed E-state index contributed by atoms with van der Waals surface area (Å²) in [6.07, 6.45) is 0. The van der Waals surface area contributed by atoms with Gasteiger partial charge >= 0.3 is 0 Å². The summed E-state index contributed by atoms with van der Waals surface area (Å²) < 4.78 is 0. The molecule has 5 aromatic carbocycles. The van der Waals surface area contributed by atoms with Crippen LogP contribution in [0.25, 0.3) is 88.6 Å². The predicted molar refractivity (Wildman–Crippen MR) is 189 cm³/mol. The normalized spacial score (nSPS) is 11.5. The van der Waals surface area contributed by atoms with Crippen LogP contribution in [0.1, 0.15) is 0 Å². The minimum absolute atomic E-state index is 0.837. The Kier molecular flexibility index (Phi) is 6.10. The molecule has 4 aromatic heterocycles. The van der Waals surface area contributed by atoms with E-state index in [0.29, 0.717) is 0 Å². The third kappa shape index (κ3) is 4.47. The third-order valence-corrected chi connectivity index (χ3v) is 8.65. The van der Waals surface area contributed by atoms with E-state index in [-0.39, 0.29) is 0 Å². The Bertz CT molecular complexity index is 2400. The van der Waals surface area contributed by atoms with Crippen molar-refractivity contribution in [2.24, 2.45) is 0 Å². The fraction of sp³-hybridized carbons (Fsp3) is 0. The van der Waals surface area contributed by atoms with Crippen molar-refractivity contribution in [1.82, 2.24) is 19.9 Å². The Balaban J connectivity index is 1.39. The standard InChI is InChI=1S/C42H26N4/c1-3-11-27(12-4-1)39-25-33(37-23-19-29-15-7-9-17-35(29)43-37)31-21-22-32-34(38-24-20-30-16-8-10-18-36(30)44-38)26-40(28-13-5-2-6-14-28)46-42(32)41(31)45-39/h1-26H. The lowest BCUT2D eigenvalue weighted by molar-refractivity contribution is 1.34. The van der Waals surface area contributed by atoms with E-state index in [4.69, 9.17) is 19.9 Å². The fourth-order valence-corrected chi connectivity index (χ4v) is 6.34. The van der Waals surface area contributed by atoms with Gasteiger partial charge in [-0.15, -0.1) is 0 Å². The van der Waals surface area contributed by atoms with Crippen LogP contribution in [0.2, 0.25) is 0 Å². The van der Waals surface area contributed by atoms with E-state index in [9.17, 15) is 0 Å². The van der Waals surface area contributed by atoms with Gasteiger partial charge in [-0.3, -0.25) is 0 Å². The number of pyridine rings is 4. The molecule has 46 heavy (non-hydrogen) atoms. The summed E-state index contributed by atoms with van der Waals surface area (Å²) >= 11 is 0. The topological polar surface area (TPSA) is 51.6 Å². The maximum atomic E-state index is 5.33. The lowest BCUT2D eigenvalue weighted by Gasteiger charge is -2.15. The maximum Gasteiger partial charge on any atom is 0.0979 e. The maximum absolute atomic E-state index is 5.33. The zero-order chi connectivity index (χ0) is 30.5. The number of fused-ring (bicyclic) bond motifs is 5.